The van der Waals surface area contributed by atoms with Crippen molar-refractivity contribution in [2.45, 2.75) is 26.2 Å². The molecule has 0 fully saturated rings. The fraction of sp³-hybridized carbons (Fsp3) is 0.269. The number of hydrogen-bond acceptors (Lipinski definition) is 2. The third-order valence-electron chi connectivity index (χ3n) is 5.69. The maximum Gasteiger partial charge on any atom is 0.0500 e. The van der Waals surface area contributed by atoms with Gasteiger partial charge in [-0.05, 0) is 47.0 Å². The quantitative estimate of drug-likeness (QED) is 0.290. The zero-order valence-corrected chi connectivity index (χ0v) is 20.1. The number of anilines is 2. The van der Waals surface area contributed by atoms with Crippen molar-refractivity contribution in [1.29, 1.82) is 0 Å². The van der Waals surface area contributed by atoms with Crippen molar-refractivity contribution in [3.63, 3.8) is 0 Å². The van der Waals surface area contributed by atoms with Gasteiger partial charge in [0.05, 0.1) is 5.69 Å². The Bertz CT molecular complexity index is 1090. The summed E-state index contributed by atoms with van der Waals surface area (Å²) in [6.07, 6.45) is 4.69. The average molecular weight is 496 g/mol. The Hall–Kier alpha value is -2.14. The molecule has 0 N–H and O–H groups in total. The summed E-state index contributed by atoms with van der Waals surface area (Å²) in [6.45, 7) is 8.14. The van der Waals surface area contributed by atoms with E-state index in [-0.39, 0.29) is 26.4 Å². The first kappa shape index (κ1) is 20.1. The Kier molecular flexibility index (Phi) is 5.52. The molecule has 0 radical (unpaired) electrons. The Balaban J connectivity index is 1.77. The van der Waals surface area contributed by atoms with Gasteiger partial charge in [0, 0.05) is 56.3 Å². The molecule has 0 aliphatic carbocycles. The van der Waals surface area contributed by atoms with Crippen LogP contribution in [0.1, 0.15) is 31.9 Å². The van der Waals surface area contributed by atoms with Crippen LogP contribution in [0.5, 0.6) is 0 Å². The molecule has 0 unspecified atom stereocenters. The molecule has 3 aromatic carbocycles. The molecule has 0 amide bonds. The topological polar surface area (TPSA) is 6.48 Å². The van der Waals surface area contributed by atoms with Crippen LogP contribution in [-0.4, -0.2) is 24.1 Å². The molecule has 0 bridgehead atoms. The first-order valence-corrected chi connectivity index (χ1v) is 12.2. The summed E-state index contributed by atoms with van der Waals surface area (Å²) < 4.78 is 4.18. The second kappa shape index (κ2) is 7.94. The van der Waals surface area contributed by atoms with E-state index in [1.54, 1.807) is 3.51 Å². The molecule has 0 saturated heterocycles. The van der Waals surface area contributed by atoms with Gasteiger partial charge in [0.2, 0.25) is 0 Å². The number of rotatable bonds is 4. The van der Waals surface area contributed by atoms with E-state index < -0.39 is 0 Å². The predicted octanol–water partition coefficient (Wildman–Crippen LogP) is 6.79. The van der Waals surface area contributed by atoms with Gasteiger partial charge in [-0.25, -0.2) is 0 Å². The summed E-state index contributed by atoms with van der Waals surface area (Å²) in [6, 6.07) is 22.2. The van der Waals surface area contributed by atoms with E-state index in [1.807, 2.05) is 0 Å². The molecule has 29 heavy (non-hydrogen) atoms. The van der Waals surface area contributed by atoms with Crippen LogP contribution in [0.3, 0.4) is 0 Å². The highest BCUT2D eigenvalue weighted by atomic mass is 127. The van der Waals surface area contributed by atoms with Crippen LogP contribution in [0.2, 0.25) is 0 Å². The Morgan fingerprint density at radius 2 is 1.66 bits per heavy atom. The van der Waals surface area contributed by atoms with Gasteiger partial charge >= 0.3 is 0 Å². The molecule has 2 nitrogen and oxygen atoms in total. The van der Waals surface area contributed by atoms with Gasteiger partial charge in [-0.15, -0.1) is 0 Å². The monoisotopic (exact) mass is 496 g/mol. The molecule has 3 aromatic rings. The number of fused-ring (bicyclic) bond motifs is 3. The van der Waals surface area contributed by atoms with Crippen LogP contribution in [-0.2, 0) is 5.41 Å². The largest absolute Gasteiger partial charge is 0.378 e. The van der Waals surface area contributed by atoms with Crippen LogP contribution in [0.4, 0.5) is 11.4 Å². The van der Waals surface area contributed by atoms with Gasteiger partial charge in [-0.2, -0.15) is 0 Å². The molecule has 4 rings (SSSR count). The highest BCUT2D eigenvalue weighted by Gasteiger charge is 2.34. The number of halogens is 1. The smallest absolute Gasteiger partial charge is 0.0500 e. The summed E-state index contributed by atoms with van der Waals surface area (Å²) in [7, 11) is 4.16. The van der Waals surface area contributed by atoms with Crippen molar-refractivity contribution in [1.82, 2.24) is 0 Å². The van der Waals surface area contributed by atoms with Crippen LogP contribution in [0.25, 0.3) is 16.8 Å². The number of nitrogens with zero attached hydrogens (tertiary/aromatic N) is 2. The van der Waals surface area contributed by atoms with E-state index in [2.05, 4.69) is 116 Å². The zero-order chi connectivity index (χ0) is 20.6. The maximum atomic E-state index is 2.61. The summed E-state index contributed by atoms with van der Waals surface area (Å²) in [5.41, 5.74) is 5.44. The fourth-order valence-electron chi connectivity index (χ4n) is 4.02. The number of allylic oxidation sites excluding steroid dienone is 1. The van der Waals surface area contributed by atoms with E-state index in [0.717, 1.165) is 6.54 Å². The van der Waals surface area contributed by atoms with E-state index >= 15 is 0 Å². The van der Waals surface area contributed by atoms with E-state index in [1.165, 1.54) is 33.3 Å². The summed E-state index contributed by atoms with van der Waals surface area (Å²) >= 11 is -0.213. The van der Waals surface area contributed by atoms with Gasteiger partial charge < -0.3 is 8.01 Å². The Labute approximate surface area is 184 Å². The van der Waals surface area contributed by atoms with Crippen molar-refractivity contribution >= 4 is 52.7 Å². The maximum absolute atomic E-state index is 2.61. The van der Waals surface area contributed by atoms with Crippen LogP contribution < -0.4 is 8.01 Å². The van der Waals surface area contributed by atoms with Gasteiger partial charge in [0.25, 0.3) is 0 Å². The SMILES string of the molecule is CCN1I=C(C=Cc2ccc(N(C)C)cc2)C(C)(C)c2c1ccc1ccccc21. The van der Waals surface area contributed by atoms with E-state index in [9.17, 15) is 0 Å². The van der Waals surface area contributed by atoms with Crippen LogP contribution in [0.15, 0.2) is 66.7 Å². The predicted molar refractivity (Wildman–Crippen MR) is 139 cm³/mol. The number of hydrogen-bond donors (Lipinski definition) is 0. The summed E-state index contributed by atoms with van der Waals surface area (Å²) in [5, 5.41) is 2.72. The lowest BCUT2D eigenvalue weighted by atomic mass is 9.77. The molecule has 0 aromatic heterocycles. The van der Waals surface area contributed by atoms with E-state index in [0.29, 0.717) is 0 Å². The standard InChI is InChI=1S/C26H29IN2/c1-6-29-23-17-14-20-9-7-8-10-22(20)25(23)26(2,3)24(27-29)18-13-19-11-15-21(16-12-19)28(4)5/h7-18H,6H2,1-5H3. The Morgan fingerprint density at radius 3 is 2.34 bits per heavy atom. The van der Waals surface area contributed by atoms with Crippen molar-refractivity contribution < 1.29 is 0 Å². The second-order valence-corrected chi connectivity index (χ2v) is 11.0. The highest BCUT2D eigenvalue weighted by Crippen LogP contribution is 2.46. The normalized spacial score (nSPS) is 15.8. The first-order valence-electron chi connectivity index (χ1n) is 10.2. The summed E-state index contributed by atoms with van der Waals surface area (Å²) in [4.78, 5) is 2.14. The zero-order valence-electron chi connectivity index (χ0n) is 17.9. The van der Waals surface area contributed by atoms with E-state index in [4.69, 9.17) is 0 Å². The lowest BCUT2D eigenvalue weighted by molar-refractivity contribution is 0.739. The average Bonchev–Trinajstić information content (AvgIpc) is 2.73. The van der Waals surface area contributed by atoms with Crippen molar-refractivity contribution in [3.05, 3.63) is 77.9 Å². The number of benzene rings is 3. The first-order chi connectivity index (χ1) is 13.9. The molecule has 0 atom stereocenters. The minimum atomic E-state index is -0.213. The second-order valence-electron chi connectivity index (χ2n) is 8.24. The highest BCUT2D eigenvalue weighted by molar-refractivity contribution is 14.2. The molecule has 0 spiro atoms. The summed E-state index contributed by atoms with van der Waals surface area (Å²) in [5.74, 6) is 0. The molecular formula is C26H29IN2. The minimum absolute atomic E-state index is 0.0369. The van der Waals surface area contributed by atoms with Crippen molar-refractivity contribution in [2.75, 3.05) is 28.7 Å². The third kappa shape index (κ3) is 3.73. The minimum Gasteiger partial charge on any atom is -0.378 e. The molecule has 1 heterocycles. The third-order valence-corrected chi connectivity index (χ3v) is 9.70. The van der Waals surface area contributed by atoms with Crippen LogP contribution >= 0.6 is 21.0 Å². The molecule has 1 aliphatic rings. The van der Waals surface area contributed by atoms with Gasteiger partial charge in [-0.1, -0.05) is 68.5 Å². The molecule has 3 heteroatoms. The molecule has 150 valence electrons. The molecule has 1 aliphatic heterocycles. The lowest BCUT2D eigenvalue weighted by Crippen LogP contribution is -2.34. The molecular weight excluding hydrogens is 467 g/mol. The lowest BCUT2D eigenvalue weighted by Gasteiger charge is -2.38. The van der Waals surface area contributed by atoms with Gasteiger partial charge in [-0.3, -0.25) is 0 Å². The van der Waals surface area contributed by atoms with Gasteiger partial charge in [0.15, 0.2) is 0 Å². The van der Waals surface area contributed by atoms with Gasteiger partial charge in [0.1, 0.15) is 0 Å². The van der Waals surface area contributed by atoms with Crippen molar-refractivity contribution in [2.24, 2.45) is 0 Å². The van der Waals surface area contributed by atoms with Crippen LogP contribution in [0, 0.1) is 0 Å². The Morgan fingerprint density at radius 1 is 0.931 bits per heavy atom. The fourth-order valence-corrected chi connectivity index (χ4v) is 6.86. The van der Waals surface area contributed by atoms with Crippen molar-refractivity contribution in [3.8, 4) is 0 Å². The molecule has 0 saturated carbocycles.